The molecule has 1 aliphatic rings. The lowest BCUT2D eigenvalue weighted by Gasteiger charge is -2.29. The summed E-state index contributed by atoms with van der Waals surface area (Å²) in [5, 5.41) is 5.10. The fourth-order valence-electron chi connectivity index (χ4n) is 1.82. The highest BCUT2D eigenvalue weighted by atomic mass is 35.5. The Morgan fingerprint density at radius 2 is 2.38 bits per heavy atom. The molecule has 1 amide bonds. The molecule has 2 rings (SSSR count). The van der Waals surface area contributed by atoms with Gasteiger partial charge in [-0.15, -0.1) is 23.7 Å². The summed E-state index contributed by atoms with van der Waals surface area (Å²) >= 11 is 1.75. The fraction of sp³-hybridized carbons (Fsp3) is 0.545. The molecule has 1 atom stereocenters. The third-order valence-electron chi connectivity index (χ3n) is 2.94. The molecular formula is C11H17ClN2OS. The van der Waals surface area contributed by atoms with Crippen LogP contribution < -0.4 is 5.32 Å². The number of nitrogens with one attached hydrogen (secondary N) is 1. The highest BCUT2D eigenvalue weighted by molar-refractivity contribution is 7.10. The van der Waals surface area contributed by atoms with E-state index in [-0.39, 0.29) is 24.4 Å². The van der Waals surface area contributed by atoms with Gasteiger partial charge in [0.15, 0.2) is 0 Å². The van der Waals surface area contributed by atoms with Crippen molar-refractivity contribution in [3.8, 4) is 0 Å². The van der Waals surface area contributed by atoms with E-state index in [9.17, 15) is 4.79 Å². The topological polar surface area (TPSA) is 32.3 Å². The Labute approximate surface area is 106 Å². The first-order valence-corrected chi connectivity index (χ1v) is 6.11. The number of rotatable bonds is 2. The van der Waals surface area contributed by atoms with Crippen molar-refractivity contribution >= 4 is 29.7 Å². The van der Waals surface area contributed by atoms with Crippen molar-refractivity contribution in [3.05, 3.63) is 21.9 Å². The molecule has 16 heavy (non-hydrogen) atoms. The van der Waals surface area contributed by atoms with Gasteiger partial charge in [-0.1, -0.05) is 0 Å². The van der Waals surface area contributed by atoms with Crippen LogP contribution in [0.2, 0.25) is 0 Å². The number of hydrogen-bond acceptors (Lipinski definition) is 3. The quantitative estimate of drug-likeness (QED) is 0.877. The number of hydrogen-bond donors (Lipinski definition) is 1. The van der Waals surface area contributed by atoms with Gasteiger partial charge in [0.1, 0.15) is 0 Å². The number of nitrogens with zero attached hydrogens (tertiary/aromatic N) is 1. The molecule has 0 aromatic carbocycles. The van der Waals surface area contributed by atoms with Gasteiger partial charge >= 0.3 is 0 Å². The summed E-state index contributed by atoms with van der Waals surface area (Å²) < 4.78 is 0. The third-order valence-corrected chi connectivity index (χ3v) is 3.89. The third kappa shape index (κ3) is 2.56. The molecule has 0 spiro atoms. The number of amides is 1. The lowest BCUT2D eigenvalue weighted by molar-refractivity contribution is -0.133. The molecule has 0 aliphatic carbocycles. The van der Waals surface area contributed by atoms with Crippen molar-refractivity contribution in [1.82, 2.24) is 10.2 Å². The first kappa shape index (κ1) is 13.5. The fourth-order valence-corrected chi connectivity index (χ4v) is 2.77. The maximum Gasteiger partial charge on any atom is 0.239 e. The monoisotopic (exact) mass is 260 g/mol. The standard InChI is InChI=1S/C11H16N2OS.ClH/c1-8(12-2)11(14)13-5-3-9-4-6-15-10(9)7-13;/h4,6,8,12H,3,5,7H2,1-2H3;1H. The number of carbonyl (C=O) groups is 1. The molecule has 1 aliphatic heterocycles. The minimum atomic E-state index is -0.0773. The smallest absolute Gasteiger partial charge is 0.239 e. The zero-order chi connectivity index (χ0) is 10.8. The van der Waals surface area contributed by atoms with Crippen LogP contribution in [0.1, 0.15) is 17.4 Å². The summed E-state index contributed by atoms with van der Waals surface area (Å²) in [6, 6.07) is 2.09. The summed E-state index contributed by atoms with van der Waals surface area (Å²) in [4.78, 5) is 15.2. The SMILES string of the molecule is CNC(C)C(=O)N1CCc2ccsc2C1.Cl. The zero-order valence-corrected chi connectivity index (χ0v) is 11.2. The number of halogens is 1. The van der Waals surface area contributed by atoms with Gasteiger partial charge in [0.25, 0.3) is 0 Å². The van der Waals surface area contributed by atoms with Crippen molar-refractivity contribution in [2.45, 2.75) is 25.9 Å². The molecule has 0 saturated heterocycles. The van der Waals surface area contributed by atoms with E-state index in [1.165, 1.54) is 10.4 Å². The predicted octanol–water partition coefficient (Wildman–Crippen LogP) is 1.66. The van der Waals surface area contributed by atoms with Crippen LogP contribution in [0.3, 0.4) is 0 Å². The lowest BCUT2D eigenvalue weighted by Crippen LogP contribution is -2.45. The van der Waals surface area contributed by atoms with E-state index >= 15 is 0 Å². The predicted molar refractivity (Wildman–Crippen MR) is 69.2 cm³/mol. The summed E-state index contributed by atoms with van der Waals surface area (Å²) in [6.45, 7) is 3.55. The molecular weight excluding hydrogens is 244 g/mol. The summed E-state index contributed by atoms with van der Waals surface area (Å²) in [7, 11) is 1.82. The van der Waals surface area contributed by atoms with Crippen LogP contribution in [-0.4, -0.2) is 30.4 Å². The number of carbonyl (C=O) groups excluding carboxylic acids is 1. The Balaban J connectivity index is 0.00000128. The van der Waals surface area contributed by atoms with Gasteiger partial charge in [-0.05, 0) is 37.4 Å². The number of fused-ring (bicyclic) bond motifs is 1. The van der Waals surface area contributed by atoms with E-state index in [4.69, 9.17) is 0 Å². The molecule has 1 aromatic heterocycles. The summed E-state index contributed by atoms with van der Waals surface area (Å²) in [5.41, 5.74) is 1.42. The van der Waals surface area contributed by atoms with Crippen LogP contribution >= 0.6 is 23.7 Å². The Kier molecular flexibility index (Phi) is 4.77. The average Bonchev–Trinajstić information content (AvgIpc) is 2.73. The molecule has 90 valence electrons. The van der Waals surface area contributed by atoms with Crippen molar-refractivity contribution in [2.75, 3.05) is 13.6 Å². The Bertz CT molecular complexity index is 367. The molecule has 1 unspecified atom stereocenters. The van der Waals surface area contributed by atoms with Gasteiger partial charge in [0.2, 0.25) is 5.91 Å². The number of thiophene rings is 1. The lowest BCUT2D eigenvalue weighted by atomic mass is 10.1. The normalized spacial score (nSPS) is 16.2. The van der Waals surface area contributed by atoms with Crippen LogP contribution in [0.4, 0.5) is 0 Å². The molecule has 0 radical (unpaired) electrons. The van der Waals surface area contributed by atoms with E-state index in [1.807, 2.05) is 18.9 Å². The van der Waals surface area contributed by atoms with Crippen molar-refractivity contribution < 1.29 is 4.79 Å². The van der Waals surface area contributed by atoms with E-state index in [0.29, 0.717) is 0 Å². The van der Waals surface area contributed by atoms with Gasteiger partial charge in [-0.25, -0.2) is 0 Å². The maximum atomic E-state index is 11.9. The summed E-state index contributed by atoms with van der Waals surface area (Å²) in [6.07, 6.45) is 1.00. The van der Waals surface area contributed by atoms with Crippen LogP contribution in [0.25, 0.3) is 0 Å². The molecule has 2 heterocycles. The van der Waals surface area contributed by atoms with E-state index < -0.39 is 0 Å². The van der Waals surface area contributed by atoms with Gasteiger partial charge < -0.3 is 10.2 Å². The van der Waals surface area contributed by atoms with Crippen molar-refractivity contribution in [1.29, 1.82) is 0 Å². The highest BCUT2D eigenvalue weighted by Gasteiger charge is 2.24. The van der Waals surface area contributed by atoms with Crippen molar-refractivity contribution in [3.63, 3.8) is 0 Å². The average molecular weight is 261 g/mol. The van der Waals surface area contributed by atoms with Crippen molar-refractivity contribution in [2.24, 2.45) is 0 Å². The molecule has 3 nitrogen and oxygen atoms in total. The second kappa shape index (κ2) is 5.66. The Morgan fingerprint density at radius 3 is 3.06 bits per heavy atom. The molecule has 1 N–H and O–H groups in total. The van der Waals surface area contributed by atoms with Crippen LogP contribution in [0.5, 0.6) is 0 Å². The zero-order valence-electron chi connectivity index (χ0n) is 9.53. The molecule has 0 fully saturated rings. The van der Waals surface area contributed by atoms with Crippen LogP contribution in [-0.2, 0) is 17.8 Å². The van der Waals surface area contributed by atoms with Crippen LogP contribution in [0.15, 0.2) is 11.4 Å². The van der Waals surface area contributed by atoms with Gasteiger partial charge in [-0.2, -0.15) is 0 Å². The second-order valence-electron chi connectivity index (χ2n) is 3.89. The van der Waals surface area contributed by atoms with E-state index in [0.717, 1.165) is 19.5 Å². The largest absolute Gasteiger partial charge is 0.336 e. The molecule has 1 aromatic rings. The molecule has 0 bridgehead atoms. The van der Waals surface area contributed by atoms with Crippen LogP contribution in [0, 0.1) is 0 Å². The highest BCUT2D eigenvalue weighted by Crippen LogP contribution is 2.24. The molecule has 5 heteroatoms. The van der Waals surface area contributed by atoms with Gasteiger partial charge in [-0.3, -0.25) is 4.79 Å². The first-order chi connectivity index (χ1) is 7.22. The second-order valence-corrected chi connectivity index (χ2v) is 4.89. The Hall–Kier alpha value is -0.580. The van der Waals surface area contributed by atoms with E-state index in [1.54, 1.807) is 11.3 Å². The van der Waals surface area contributed by atoms with Gasteiger partial charge in [0, 0.05) is 11.4 Å². The maximum absolute atomic E-state index is 11.9. The molecule has 0 saturated carbocycles. The minimum absolute atomic E-state index is 0. The Morgan fingerprint density at radius 1 is 1.62 bits per heavy atom. The first-order valence-electron chi connectivity index (χ1n) is 5.23. The number of likely N-dealkylation sites (N-methyl/N-ethyl adjacent to an activating group) is 1. The minimum Gasteiger partial charge on any atom is -0.336 e. The van der Waals surface area contributed by atoms with Gasteiger partial charge in [0.05, 0.1) is 12.6 Å². The van der Waals surface area contributed by atoms with E-state index in [2.05, 4.69) is 16.8 Å². The summed E-state index contributed by atoms with van der Waals surface area (Å²) in [5.74, 6) is 0.205.